The third-order valence-electron chi connectivity index (χ3n) is 5.97. The number of carbonyl (C=O) groups excluding carboxylic acids is 1. The van der Waals surface area contributed by atoms with Gasteiger partial charge in [0.15, 0.2) is 11.5 Å². The summed E-state index contributed by atoms with van der Waals surface area (Å²) in [6, 6.07) is 13.0. The third-order valence-corrected chi connectivity index (χ3v) is 5.97. The molecule has 1 unspecified atom stereocenters. The molecule has 3 aromatic carbocycles. The number of rotatable bonds is 4. The molecule has 34 heavy (non-hydrogen) atoms. The van der Waals surface area contributed by atoms with Crippen molar-refractivity contribution >= 4 is 16.9 Å². The van der Waals surface area contributed by atoms with Crippen LogP contribution in [-0.2, 0) is 4.79 Å². The normalized spacial score (nSPS) is 15.0. The van der Waals surface area contributed by atoms with Crippen LogP contribution in [0.4, 0.5) is 0 Å². The Morgan fingerprint density at radius 3 is 2.44 bits per heavy atom. The molecule has 0 fully saturated rings. The lowest BCUT2D eigenvalue weighted by molar-refractivity contribution is -0.135. The van der Waals surface area contributed by atoms with Gasteiger partial charge in [0.1, 0.15) is 34.5 Å². The minimum Gasteiger partial charge on any atom is -0.507 e. The predicted octanol–water partition coefficient (Wildman–Crippen LogP) is 4.33. The molecule has 0 radical (unpaired) electrons. The van der Waals surface area contributed by atoms with Crippen LogP contribution < -0.4 is 19.6 Å². The van der Waals surface area contributed by atoms with Crippen molar-refractivity contribution in [3.05, 3.63) is 76.1 Å². The summed E-state index contributed by atoms with van der Waals surface area (Å²) in [5.74, 6) is -0.656. The highest BCUT2D eigenvalue weighted by atomic mass is 16.5. The fourth-order valence-electron chi connectivity index (χ4n) is 4.38. The number of para-hydroxylation sites is 1. The number of carbonyl (C=O) groups is 1. The first kappa shape index (κ1) is 21.4. The Labute approximate surface area is 193 Å². The highest BCUT2D eigenvalue weighted by Gasteiger charge is 2.34. The SMILES string of the molecule is COc1cc(C2CC(=O)Oc3cc(O)c4c(=O)c(-c5ccccc5OC)coc4c32)ccc1O. The molecule has 5 rings (SSSR count). The molecule has 1 atom stereocenters. The molecule has 2 heterocycles. The molecule has 1 aliphatic rings. The monoisotopic (exact) mass is 460 g/mol. The van der Waals surface area contributed by atoms with Crippen LogP contribution in [0, 0.1) is 0 Å². The quantitative estimate of drug-likeness (QED) is 0.342. The molecule has 8 nitrogen and oxygen atoms in total. The lowest BCUT2D eigenvalue weighted by Gasteiger charge is -2.26. The molecule has 1 aliphatic heterocycles. The molecule has 1 aromatic heterocycles. The third kappa shape index (κ3) is 3.31. The van der Waals surface area contributed by atoms with Crippen LogP contribution in [0.25, 0.3) is 22.1 Å². The van der Waals surface area contributed by atoms with E-state index in [1.165, 1.54) is 32.6 Å². The lowest BCUT2D eigenvalue weighted by atomic mass is 9.84. The van der Waals surface area contributed by atoms with Gasteiger partial charge in [0.05, 0.1) is 26.2 Å². The summed E-state index contributed by atoms with van der Waals surface area (Å²) < 4.78 is 21.9. The van der Waals surface area contributed by atoms with E-state index < -0.39 is 17.3 Å². The van der Waals surface area contributed by atoms with Crippen LogP contribution in [-0.4, -0.2) is 30.4 Å². The maximum absolute atomic E-state index is 13.5. The predicted molar refractivity (Wildman–Crippen MR) is 123 cm³/mol. The molecule has 172 valence electrons. The number of hydrogen-bond donors (Lipinski definition) is 2. The Hall–Kier alpha value is -4.46. The molecule has 0 saturated carbocycles. The average molecular weight is 460 g/mol. The van der Waals surface area contributed by atoms with Crippen LogP contribution in [0.5, 0.6) is 28.7 Å². The number of hydrogen-bond acceptors (Lipinski definition) is 8. The fraction of sp³-hybridized carbons (Fsp3) is 0.154. The molecule has 4 aromatic rings. The number of methoxy groups -OCH3 is 2. The van der Waals surface area contributed by atoms with Crippen LogP contribution in [0.2, 0.25) is 0 Å². The van der Waals surface area contributed by atoms with Crippen LogP contribution >= 0.6 is 0 Å². The van der Waals surface area contributed by atoms with Gasteiger partial charge in [-0.1, -0.05) is 24.3 Å². The average Bonchev–Trinajstić information content (AvgIpc) is 2.83. The van der Waals surface area contributed by atoms with Crippen molar-refractivity contribution in [1.82, 2.24) is 0 Å². The second-order valence-corrected chi connectivity index (χ2v) is 7.85. The van der Waals surface area contributed by atoms with E-state index in [1.807, 2.05) is 0 Å². The molecule has 8 heteroatoms. The summed E-state index contributed by atoms with van der Waals surface area (Å²) in [6.07, 6.45) is 1.28. The first-order valence-electron chi connectivity index (χ1n) is 10.4. The van der Waals surface area contributed by atoms with Crippen molar-refractivity contribution in [1.29, 1.82) is 0 Å². The highest BCUT2D eigenvalue weighted by Crippen LogP contribution is 2.47. The van der Waals surface area contributed by atoms with Crippen LogP contribution in [0.15, 0.2) is 64.0 Å². The van der Waals surface area contributed by atoms with Crippen molar-refractivity contribution in [2.75, 3.05) is 14.2 Å². The fourth-order valence-corrected chi connectivity index (χ4v) is 4.38. The number of aromatic hydroxyl groups is 2. The number of phenols is 2. The van der Waals surface area contributed by atoms with Gasteiger partial charge in [-0.2, -0.15) is 0 Å². The Balaban J connectivity index is 1.78. The van der Waals surface area contributed by atoms with Crippen molar-refractivity contribution in [3.63, 3.8) is 0 Å². The van der Waals surface area contributed by atoms with Crippen molar-refractivity contribution < 1.29 is 33.6 Å². The zero-order valence-electron chi connectivity index (χ0n) is 18.3. The number of benzene rings is 3. The van der Waals surface area contributed by atoms with Gasteiger partial charge in [0.25, 0.3) is 0 Å². The first-order chi connectivity index (χ1) is 16.4. The summed E-state index contributed by atoms with van der Waals surface area (Å²) in [5.41, 5.74) is 1.49. The Morgan fingerprint density at radius 2 is 1.68 bits per heavy atom. The Morgan fingerprint density at radius 1 is 0.912 bits per heavy atom. The number of esters is 1. The largest absolute Gasteiger partial charge is 0.507 e. The van der Waals surface area contributed by atoms with Crippen LogP contribution in [0.1, 0.15) is 23.5 Å². The number of ether oxygens (including phenoxy) is 3. The summed E-state index contributed by atoms with van der Waals surface area (Å²) in [4.78, 5) is 25.9. The second kappa shape index (κ2) is 8.15. The van der Waals surface area contributed by atoms with E-state index in [0.717, 1.165) is 0 Å². The summed E-state index contributed by atoms with van der Waals surface area (Å²) >= 11 is 0. The highest BCUT2D eigenvalue weighted by molar-refractivity contribution is 5.94. The number of fused-ring (bicyclic) bond motifs is 3. The molecular formula is C26H20O8. The van der Waals surface area contributed by atoms with Gasteiger partial charge >= 0.3 is 5.97 Å². The first-order valence-corrected chi connectivity index (χ1v) is 10.4. The van der Waals surface area contributed by atoms with Crippen molar-refractivity contribution in [2.45, 2.75) is 12.3 Å². The maximum Gasteiger partial charge on any atom is 0.312 e. The molecule has 2 N–H and O–H groups in total. The lowest BCUT2D eigenvalue weighted by Crippen LogP contribution is -2.22. The minimum atomic E-state index is -0.561. The van der Waals surface area contributed by atoms with E-state index in [9.17, 15) is 19.8 Å². The zero-order valence-corrected chi connectivity index (χ0v) is 18.3. The standard InChI is InChI=1S/C26H20O8/c1-31-19-6-4-3-5-14(19)16-12-33-26-23-15(13-7-8-17(27)20(9-13)32-2)10-22(29)34-21(23)11-18(28)24(26)25(16)30/h3-9,11-12,15,27-28H,10H2,1-2H3. The maximum atomic E-state index is 13.5. The zero-order chi connectivity index (χ0) is 24.0. The molecule has 0 bridgehead atoms. The molecule has 0 aliphatic carbocycles. The van der Waals surface area contributed by atoms with E-state index in [1.54, 1.807) is 36.4 Å². The molecular weight excluding hydrogens is 440 g/mol. The van der Waals surface area contributed by atoms with E-state index in [0.29, 0.717) is 22.4 Å². The smallest absolute Gasteiger partial charge is 0.312 e. The van der Waals surface area contributed by atoms with Gasteiger partial charge in [0.2, 0.25) is 5.43 Å². The Kier molecular flexibility index (Phi) is 5.13. The second-order valence-electron chi connectivity index (χ2n) is 7.85. The van der Waals surface area contributed by atoms with Gasteiger partial charge in [-0.25, -0.2) is 0 Å². The minimum absolute atomic E-state index is 0.0290. The van der Waals surface area contributed by atoms with E-state index in [4.69, 9.17) is 18.6 Å². The van der Waals surface area contributed by atoms with Crippen LogP contribution in [0.3, 0.4) is 0 Å². The van der Waals surface area contributed by atoms with E-state index in [2.05, 4.69) is 0 Å². The van der Waals surface area contributed by atoms with Gasteiger partial charge < -0.3 is 28.8 Å². The van der Waals surface area contributed by atoms with Crippen molar-refractivity contribution in [2.24, 2.45) is 0 Å². The summed E-state index contributed by atoms with van der Waals surface area (Å²) in [5, 5.41) is 20.7. The van der Waals surface area contributed by atoms with E-state index in [-0.39, 0.29) is 46.0 Å². The van der Waals surface area contributed by atoms with Gasteiger partial charge in [-0.3, -0.25) is 9.59 Å². The van der Waals surface area contributed by atoms with Gasteiger partial charge in [-0.15, -0.1) is 0 Å². The van der Waals surface area contributed by atoms with Crippen molar-refractivity contribution in [3.8, 4) is 39.9 Å². The number of phenolic OH excluding ortho intramolecular Hbond substituents is 2. The summed E-state index contributed by atoms with van der Waals surface area (Å²) in [6.45, 7) is 0. The Bertz CT molecular complexity index is 1500. The topological polar surface area (TPSA) is 115 Å². The van der Waals surface area contributed by atoms with E-state index >= 15 is 0 Å². The van der Waals surface area contributed by atoms with Gasteiger partial charge in [0, 0.05) is 23.1 Å². The molecule has 0 amide bonds. The summed E-state index contributed by atoms with van der Waals surface area (Å²) in [7, 11) is 2.92. The molecule has 0 spiro atoms. The molecule has 0 saturated heterocycles. The van der Waals surface area contributed by atoms with Gasteiger partial charge in [-0.05, 0) is 23.8 Å².